The zero-order chi connectivity index (χ0) is 15.0. The van der Waals surface area contributed by atoms with Gasteiger partial charge in [-0.15, -0.1) is 0 Å². The molecule has 2 heterocycles. The maximum atomic E-state index is 13.3. The number of imidazole rings is 1. The molecule has 112 valence electrons. The molecule has 1 aliphatic rings. The molecule has 1 saturated heterocycles. The summed E-state index contributed by atoms with van der Waals surface area (Å²) in [5.74, 6) is -3.69. The molecular weight excluding hydrogens is 303 g/mol. The van der Waals surface area contributed by atoms with E-state index >= 15 is 0 Å². The molecule has 0 radical (unpaired) electrons. The van der Waals surface area contributed by atoms with E-state index in [0.717, 1.165) is 25.1 Å². The fourth-order valence-electron chi connectivity index (χ4n) is 2.69. The van der Waals surface area contributed by atoms with Crippen LogP contribution in [0.1, 0.15) is 17.9 Å². The minimum absolute atomic E-state index is 0.00593. The first kappa shape index (κ1) is 14.4. The zero-order valence-corrected chi connectivity index (χ0v) is 11.8. The Morgan fingerprint density at radius 1 is 1.24 bits per heavy atom. The number of aromatic nitrogens is 2. The molecule has 3 nitrogen and oxygen atoms in total. The summed E-state index contributed by atoms with van der Waals surface area (Å²) < 4.78 is 41.4. The van der Waals surface area contributed by atoms with E-state index in [4.69, 9.17) is 11.6 Å². The Morgan fingerprint density at radius 3 is 2.57 bits per heavy atom. The molecule has 1 aromatic heterocycles. The lowest BCUT2D eigenvalue weighted by Gasteiger charge is -2.16. The summed E-state index contributed by atoms with van der Waals surface area (Å²) in [7, 11) is 0. The first-order valence-corrected chi connectivity index (χ1v) is 6.95. The van der Waals surface area contributed by atoms with Crippen LogP contribution in [0.25, 0.3) is 0 Å². The second kappa shape index (κ2) is 5.69. The molecular formula is C14H13ClF3N3. The van der Waals surface area contributed by atoms with Crippen molar-refractivity contribution in [3.05, 3.63) is 52.8 Å². The second-order valence-electron chi connectivity index (χ2n) is 5.21. The Bertz CT molecular complexity index is 636. The fourth-order valence-corrected chi connectivity index (χ4v) is 2.85. The van der Waals surface area contributed by atoms with Gasteiger partial charge in [0, 0.05) is 19.3 Å². The standard InChI is InChI=1S/C14H13ClF3N3/c15-13-6-21(7-19-13)8-20-2-1-9(5-20)10-3-11(16)14(18)12(17)4-10/h3-4,6-7,9H,1-2,5,8H2. The van der Waals surface area contributed by atoms with Gasteiger partial charge in [0.2, 0.25) is 0 Å². The van der Waals surface area contributed by atoms with Crippen molar-refractivity contribution in [3.8, 4) is 0 Å². The Kier molecular flexibility index (Phi) is 3.91. The van der Waals surface area contributed by atoms with Gasteiger partial charge in [0.25, 0.3) is 0 Å². The minimum Gasteiger partial charge on any atom is -0.322 e. The minimum atomic E-state index is -1.42. The summed E-state index contributed by atoms with van der Waals surface area (Å²) in [6.07, 6.45) is 4.12. The molecule has 0 spiro atoms. The molecule has 0 aliphatic carbocycles. The summed E-state index contributed by atoms with van der Waals surface area (Å²) in [6, 6.07) is 2.17. The van der Waals surface area contributed by atoms with Gasteiger partial charge in [-0.05, 0) is 30.0 Å². The zero-order valence-electron chi connectivity index (χ0n) is 11.1. The van der Waals surface area contributed by atoms with E-state index in [1.807, 2.05) is 4.57 Å². The monoisotopic (exact) mass is 315 g/mol. The second-order valence-corrected chi connectivity index (χ2v) is 5.60. The average Bonchev–Trinajstić information content (AvgIpc) is 3.05. The maximum absolute atomic E-state index is 13.3. The topological polar surface area (TPSA) is 21.1 Å². The van der Waals surface area contributed by atoms with E-state index in [0.29, 0.717) is 23.9 Å². The molecule has 1 unspecified atom stereocenters. The molecule has 1 atom stereocenters. The molecule has 3 rings (SSSR count). The van der Waals surface area contributed by atoms with Gasteiger partial charge in [-0.2, -0.15) is 0 Å². The van der Waals surface area contributed by atoms with Crippen LogP contribution >= 0.6 is 11.6 Å². The van der Waals surface area contributed by atoms with Crippen LogP contribution < -0.4 is 0 Å². The van der Waals surface area contributed by atoms with Crippen molar-refractivity contribution in [3.63, 3.8) is 0 Å². The highest BCUT2D eigenvalue weighted by molar-refractivity contribution is 6.29. The van der Waals surface area contributed by atoms with Crippen molar-refractivity contribution in [2.75, 3.05) is 13.1 Å². The lowest BCUT2D eigenvalue weighted by atomic mass is 9.98. The maximum Gasteiger partial charge on any atom is 0.194 e. The van der Waals surface area contributed by atoms with Gasteiger partial charge in [-0.3, -0.25) is 4.90 Å². The summed E-state index contributed by atoms with van der Waals surface area (Å²) in [5, 5.41) is 0.424. The van der Waals surface area contributed by atoms with E-state index in [2.05, 4.69) is 9.88 Å². The Hall–Kier alpha value is -1.53. The van der Waals surface area contributed by atoms with Gasteiger partial charge >= 0.3 is 0 Å². The van der Waals surface area contributed by atoms with E-state index in [1.54, 1.807) is 12.5 Å². The molecule has 7 heteroatoms. The van der Waals surface area contributed by atoms with Gasteiger partial charge in [0.1, 0.15) is 5.15 Å². The molecule has 0 bridgehead atoms. The van der Waals surface area contributed by atoms with Crippen LogP contribution in [0, 0.1) is 17.5 Å². The Morgan fingerprint density at radius 2 is 1.95 bits per heavy atom. The van der Waals surface area contributed by atoms with Gasteiger partial charge in [0.15, 0.2) is 17.5 Å². The molecule has 2 aromatic rings. The predicted molar refractivity (Wildman–Crippen MR) is 72.5 cm³/mol. The first-order chi connectivity index (χ1) is 10.0. The van der Waals surface area contributed by atoms with Crippen molar-refractivity contribution >= 4 is 11.6 Å². The SMILES string of the molecule is Fc1cc(C2CCN(Cn3cnc(Cl)c3)C2)cc(F)c1F. The average molecular weight is 316 g/mol. The lowest BCUT2D eigenvalue weighted by Crippen LogP contribution is -2.23. The number of benzene rings is 1. The van der Waals surface area contributed by atoms with Gasteiger partial charge in [0.05, 0.1) is 13.0 Å². The molecule has 1 aromatic carbocycles. The van der Waals surface area contributed by atoms with Crippen LogP contribution in [0.15, 0.2) is 24.7 Å². The van der Waals surface area contributed by atoms with Crippen LogP contribution in [0.4, 0.5) is 13.2 Å². The number of likely N-dealkylation sites (tertiary alicyclic amines) is 1. The number of hydrogen-bond acceptors (Lipinski definition) is 2. The van der Waals surface area contributed by atoms with E-state index in [-0.39, 0.29) is 5.92 Å². The summed E-state index contributed by atoms with van der Waals surface area (Å²) in [6.45, 7) is 2.06. The van der Waals surface area contributed by atoms with E-state index < -0.39 is 17.5 Å². The van der Waals surface area contributed by atoms with Crippen molar-refractivity contribution in [2.24, 2.45) is 0 Å². The highest BCUT2D eigenvalue weighted by Gasteiger charge is 2.25. The van der Waals surface area contributed by atoms with E-state index in [9.17, 15) is 13.2 Å². The van der Waals surface area contributed by atoms with Crippen molar-refractivity contribution in [1.82, 2.24) is 14.5 Å². The molecule has 0 amide bonds. The normalized spacial score (nSPS) is 19.3. The molecule has 1 aliphatic heterocycles. The van der Waals surface area contributed by atoms with Crippen molar-refractivity contribution in [1.29, 1.82) is 0 Å². The van der Waals surface area contributed by atoms with Crippen LogP contribution in [0.2, 0.25) is 5.15 Å². The molecule has 0 N–H and O–H groups in total. The number of rotatable bonds is 3. The third-order valence-corrected chi connectivity index (χ3v) is 3.91. The predicted octanol–water partition coefficient (Wildman–Crippen LogP) is 3.40. The molecule has 1 fully saturated rings. The van der Waals surface area contributed by atoms with Crippen LogP contribution in [0.3, 0.4) is 0 Å². The first-order valence-electron chi connectivity index (χ1n) is 6.57. The Balaban J connectivity index is 1.69. The number of nitrogens with zero attached hydrogens (tertiary/aromatic N) is 3. The van der Waals surface area contributed by atoms with Crippen molar-refractivity contribution < 1.29 is 13.2 Å². The summed E-state index contributed by atoms with van der Waals surface area (Å²) >= 11 is 5.75. The Labute approximate surface area is 125 Å². The number of halogens is 4. The van der Waals surface area contributed by atoms with Crippen LogP contribution in [0.5, 0.6) is 0 Å². The third kappa shape index (κ3) is 3.06. The third-order valence-electron chi connectivity index (χ3n) is 3.71. The van der Waals surface area contributed by atoms with Crippen LogP contribution in [-0.2, 0) is 6.67 Å². The lowest BCUT2D eigenvalue weighted by molar-refractivity contribution is 0.266. The van der Waals surface area contributed by atoms with Crippen molar-refractivity contribution in [2.45, 2.75) is 19.0 Å². The highest BCUT2D eigenvalue weighted by Crippen LogP contribution is 2.29. The smallest absolute Gasteiger partial charge is 0.194 e. The largest absolute Gasteiger partial charge is 0.322 e. The molecule has 21 heavy (non-hydrogen) atoms. The summed E-state index contributed by atoms with van der Waals surface area (Å²) in [4.78, 5) is 6.06. The van der Waals surface area contributed by atoms with E-state index in [1.165, 1.54) is 0 Å². The van der Waals surface area contributed by atoms with Gasteiger partial charge in [-0.1, -0.05) is 11.6 Å². The highest BCUT2D eigenvalue weighted by atomic mass is 35.5. The summed E-state index contributed by atoms with van der Waals surface area (Å²) in [5.41, 5.74) is 0.498. The van der Waals surface area contributed by atoms with Gasteiger partial charge < -0.3 is 4.57 Å². The van der Waals surface area contributed by atoms with Crippen LogP contribution in [-0.4, -0.2) is 27.5 Å². The van der Waals surface area contributed by atoms with Gasteiger partial charge in [-0.25, -0.2) is 18.2 Å². The number of hydrogen-bond donors (Lipinski definition) is 0. The fraction of sp³-hybridized carbons (Fsp3) is 0.357. The molecule has 0 saturated carbocycles. The quantitative estimate of drug-likeness (QED) is 0.809.